The molecule has 0 bridgehead atoms. The molecule has 0 N–H and O–H groups in total. The van der Waals surface area contributed by atoms with Crippen molar-refractivity contribution in [3.05, 3.63) is 64.4 Å². The van der Waals surface area contributed by atoms with Crippen molar-refractivity contribution in [3.8, 4) is 5.75 Å². The Hall–Kier alpha value is -2.13. The van der Waals surface area contributed by atoms with Crippen molar-refractivity contribution in [1.82, 2.24) is 0 Å². The minimum atomic E-state index is 0.105. The van der Waals surface area contributed by atoms with Crippen LogP contribution < -0.4 is 4.74 Å². The minimum absolute atomic E-state index is 0.105. The fraction of sp³-hybridized carbons (Fsp3) is 0.118. The average molecular weight is 282 g/mol. The van der Waals surface area contributed by atoms with E-state index < -0.39 is 0 Å². The molecule has 2 nitrogen and oxygen atoms in total. The monoisotopic (exact) mass is 282 g/mol. The molecule has 0 aliphatic carbocycles. The van der Waals surface area contributed by atoms with Gasteiger partial charge in [-0.3, -0.25) is 4.79 Å². The van der Waals surface area contributed by atoms with Crippen molar-refractivity contribution in [2.75, 3.05) is 7.11 Å². The number of hydrogen-bond donors (Lipinski definition) is 0. The topological polar surface area (TPSA) is 26.3 Å². The zero-order valence-electron chi connectivity index (χ0n) is 11.1. The van der Waals surface area contributed by atoms with Gasteiger partial charge in [-0.25, -0.2) is 0 Å². The van der Waals surface area contributed by atoms with Crippen LogP contribution in [0.1, 0.15) is 15.2 Å². The highest BCUT2D eigenvalue weighted by Crippen LogP contribution is 2.27. The first-order valence-electron chi connectivity index (χ1n) is 6.41. The summed E-state index contributed by atoms with van der Waals surface area (Å²) in [5.74, 6) is 0.772. The maximum Gasteiger partial charge on any atom is 0.180 e. The number of ether oxygens (including phenoxy) is 1. The van der Waals surface area contributed by atoms with Gasteiger partial charge in [-0.15, -0.1) is 11.3 Å². The Bertz CT molecular complexity index is 753. The van der Waals surface area contributed by atoms with Crippen LogP contribution in [-0.4, -0.2) is 12.9 Å². The Morgan fingerprint density at radius 3 is 2.75 bits per heavy atom. The molecule has 1 heterocycles. The van der Waals surface area contributed by atoms with E-state index >= 15 is 0 Å². The number of ketones is 1. The third kappa shape index (κ3) is 2.32. The summed E-state index contributed by atoms with van der Waals surface area (Å²) < 4.78 is 5.22. The predicted octanol–water partition coefficient (Wildman–Crippen LogP) is 4.34. The molecule has 3 rings (SSSR count). The normalized spacial score (nSPS) is 10.7. The second kappa shape index (κ2) is 5.47. The van der Waals surface area contributed by atoms with Gasteiger partial charge in [-0.2, -0.15) is 0 Å². The number of Topliss-reactive ketones (excluding diaryl/α,β-unsaturated/α-hetero) is 1. The van der Waals surface area contributed by atoms with E-state index in [0.29, 0.717) is 17.0 Å². The summed E-state index contributed by atoms with van der Waals surface area (Å²) in [6.45, 7) is 0. The number of benzene rings is 2. The zero-order valence-corrected chi connectivity index (χ0v) is 11.9. The largest absolute Gasteiger partial charge is 0.495 e. The van der Waals surface area contributed by atoms with Gasteiger partial charge in [0.2, 0.25) is 0 Å². The molecule has 100 valence electrons. The second-order valence-electron chi connectivity index (χ2n) is 4.56. The van der Waals surface area contributed by atoms with E-state index in [1.54, 1.807) is 7.11 Å². The van der Waals surface area contributed by atoms with Gasteiger partial charge in [-0.05, 0) is 27.8 Å². The molecule has 0 aliphatic rings. The molecular weight excluding hydrogens is 268 g/mol. The molecule has 0 fully saturated rings. The molecule has 0 saturated carbocycles. The van der Waals surface area contributed by atoms with Crippen LogP contribution in [-0.2, 0) is 6.42 Å². The van der Waals surface area contributed by atoms with Crippen LogP contribution in [0.5, 0.6) is 5.75 Å². The lowest BCUT2D eigenvalue weighted by Crippen LogP contribution is -2.03. The van der Waals surface area contributed by atoms with Gasteiger partial charge in [0.15, 0.2) is 5.78 Å². The maximum absolute atomic E-state index is 12.4. The SMILES string of the molecule is COc1ccsc1C(=O)Cc1cccc2ccccc12. The lowest BCUT2D eigenvalue weighted by molar-refractivity contribution is 0.0994. The Morgan fingerprint density at radius 2 is 1.90 bits per heavy atom. The Morgan fingerprint density at radius 1 is 1.10 bits per heavy atom. The fourth-order valence-corrected chi connectivity index (χ4v) is 3.16. The summed E-state index contributed by atoms with van der Waals surface area (Å²) >= 11 is 1.43. The van der Waals surface area contributed by atoms with E-state index in [4.69, 9.17) is 4.74 Å². The van der Waals surface area contributed by atoms with Crippen LogP contribution in [0.4, 0.5) is 0 Å². The highest BCUT2D eigenvalue weighted by molar-refractivity contribution is 7.12. The van der Waals surface area contributed by atoms with Crippen molar-refractivity contribution < 1.29 is 9.53 Å². The lowest BCUT2D eigenvalue weighted by atomic mass is 10.00. The highest BCUT2D eigenvalue weighted by atomic mass is 32.1. The maximum atomic E-state index is 12.4. The third-order valence-electron chi connectivity index (χ3n) is 3.33. The number of rotatable bonds is 4. The number of fused-ring (bicyclic) bond motifs is 1. The van der Waals surface area contributed by atoms with Gasteiger partial charge >= 0.3 is 0 Å². The summed E-state index contributed by atoms with van der Waals surface area (Å²) in [6, 6.07) is 16.0. The van der Waals surface area contributed by atoms with Gasteiger partial charge in [0.25, 0.3) is 0 Å². The van der Waals surface area contributed by atoms with Gasteiger partial charge in [0, 0.05) is 6.42 Å². The molecule has 0 aliphatic heterocycles. The Balaban J connectivity index is 1.96. The van der Waals surface area contributed by atoms with E-state index in [9.17, 15) is 4.79 Å². The first-order chi connectivity index (χ1) is 9.79. The smallest absolute Gasteiger partial charge is 0.180 e. The molecule has 3 heteroatoms. The average Bonchev–Trinajstić information content (AvgIpc) is 2.96. The van der Waals surface area contributed by atoms with Crippen molar-refractivity contribution >= 4 is 27.9 Å². The van der Waals surface area contributed by atoms with Crippen LogP contribution in [0.15, 0.2) is 53.9 Å². The number of thiophene rings is 1. The molecule has 0 radical (unpaired) electrons. The molecule has 0 spiro atoms. The van der Waals surface area contributed by atoms with Crippen molar-refractivity contribution in [3.63, 3.8) is 0 Å². The molecule has 1 aromatic heterocycles. The molecule has 0 amide bonds. The van der Waals surface area contributed by atoms with E-state index in [1.165, 1.54) is 11.3 Å². The molecule has 0 saturated heterocycles. The van der Waals surface area contributed by atoms with Crippen molar-refractivity contribution in [2.45, 2.75) is 6.42 Å². The lowest BCUT2D eigenvalue weighted by Gasteiger charge is -2.06. The first-order valence-corrected chi connectivity index (χ1v) is 7.29. The zero-order chi connectivity index (χ0) is 13.9. The number of carbonyl (C=O) groups is 1. The van der Waals surface area contributed by atoms with Gasteiger partial charge in [-0.1, -0.05) is 42.5 Å². The summed E-state index contributed by atoms with van der Waals surface area (Å²) in [5.41, 5.74) is 1.06. The van der Waals surface area contributed by atoms with E-state index in [1.807, 2.05) is 35.7 Å². The van der Waals surface area contributed by atoms with Gasteiger partial charge < -0.3 is 4.74 Å². The number of methoxy groups -OCH3 is 1. The summed E-state index contributed by atoms with van der Waals surface area (Å²) in [7, 11) is 1.59. The quantitative estimate of drug-likeness (QED) is 0.666. The van der Waals surface area contributed by atoms with Crippen LogP contribution in [0.2, 0.25) is 0 Å². The van der Waals surface area contributed by atoms with Crippen LogP contribution in [0.25, 0.3) is 10.8 Å². The predicted molar refractivity (Wildman–Crippen MR) is 82.9 cm³/mol. The highest BCUT2D eigenvalue weighted by Gasteiger charge is 2.15. The Labute approximate surface area is 121 Å². The van der Waals surface area contributed by atoms with E-state index in [2.05, 4.69) is 18.2 Å². The first kappa shape index (κ1) is 12.9. The fourth-order valence-electron chi connectivity index (χ4n) is 2.36. The molecular formula is C17H14O2S. The summed E-state index contributed by atoms with van der Waals surface area (Å²) in [5, 5.41) is 4.18. The molecule has 20 heavy (non-hydrogen) atoms. The number of hydrogen-bond acceptors (Lipinski definition) is 3. The number of carbonyl (C=O) groups excluding carboxylic acids is 1. The molecule has 3 aromatic rings. The molecule has 0 unspecified atom stereocenters. The van der Waals surface area contributed by atoms with Gasteiger partial charge in [0.05, 0.1) is 7.11 Å². The summed E-state index contributed by atoms with van der Waals surface area (Å²) in [6.07, 6.45) is 0.401. The van der Waals surface area contributed by atoms with Crippen LogP contribution >= 0.6 is 11.3 Å². The van der Waals surface area contributed by atoms with Crippen molar-refractivity contribution in [2.24, 2.45) is 0 Å². The standard InChI is InChI=1S/C17H14O2S/c1-19-16-9-10-20-17(16)15(18)11-13-7-4-6-12-5-2-3-8-14(12)13/h2-10H,11H2,1H3. The minimum Gasteiger partial charge on any atom is -0.495 e. The second-order valence-corrected chi connectivity index (χ2v) is 5.47. The van der Waals surface area contributed by atoms with E-state index in [0.717, 1.165) is 16.3 Å². The molecule has 0 atom stereocenters. The van der Waals surface area contributed by atoms with Crippen molar-refractivity contribution in [1.29, 1.82) is 0 Å². The van der Waals surface area contributed by atoms with Crippen LogP contribution in [0.3, 0.4) is 0 Å². The van der Waals surface area contributed by atoms with Crippen LogP contribution in [0, 0.1) is 0 Å². The Kier molecular flexibility index (Phi) is 3.52. The van der Waals surface area contributed by atoms with Gasteiger partial charge in [0.1, 0.15) is 10.6 Å². The van der Waals surface area contributed by atoms with E-state index in [-0.39, 0.29) is 5.78 Å². The third-order valence-corrected chi connectivity index (χ3v) is 4.27. The molecule has 2 aromatic carbocycles. The summed E-state index contributed by atoms with van der Waals surface area (Å²) in [4.78, 5) is 13.1.